The average Bonchev–Trinajstić information content (AvgIpc) is 2.93. The molecule has 3 heteroatoms. The van der Waals surface area contributed by atoms with Crippen molar-refractivity contribution < 1.29 is 0 Å². The van der Waals surface area contributed by atoms with Crippen LogP contribution in [0.5, 0.6) is 0 Å². The highest BCUT2D eigenvalue weighted by molar-refractivity contribution is 5.14. The monoisotopic (exact) mass is 329 g/mol. The predicted molar refractivity (Wildman–Crippen MR) is 102 cm³/mol. The quantitative estimate of drug-likeness (QED) is 0.896. The lowest BCUT2D eigenvalue weighted by molar-refractivity contribution is 0.0168. The zero-order valence-electron chi connectivity index (χ0n) is 16.0. The van der Waals surface area contributed by atoms with Gasteiger partial charge in [-0.1, -0.05) is 51.1 Å². The lowest BCUT2D eigenvalue weighted by Gasteiger charge is -2.47. The van der Waals surface area contributed by atoms with Crippen LogP contribution in [0.3, 0.4) is 0 Å². The van der Waals surface area contributed by atoms with Crippen LogP contribution in [0.15, 0.2) is 30.3 Å². The molecular weight excluding hydrogens is 294 g/mol. The van der Waals surface area contributed by atoms with Crippen molar-refractivity contribution in [1.82, 2.24) is 15.1 Å². The number of hydrogen-bond donors (Lipinski definition) is 1. The van der Waals surface area contributed by atoms with Gasteiger partial charge in [-0.05, 0) is 42.8 Å². The van der Waals surface area contributed by atoms with E-state index in [-0.39, 0.29) is 0 Å². The van der Waals surface area contributed by atoms with Crippen LogP contribution in [0.25, 0.3) is 0 Å². The molecule has 2 saturated heterocycles. The first-order valence-corrected chi connectivity index (χ1v) is 9.64. The molecule has 2 aliphatic heterocycles. The van der Waals surface area contributed by atoms with E-state index in [0.29, 0.717) is 11.5 Å². The molecule has 0 aliphatic carbocycles. The van der Waals surface area contributed by atoms with Gasteiger partial charge in [-0.15, -0.1) is 0 Å². The molecular formula is C21H35N3. The molecule has 0 bridgehead atoms. The SMILES string of the molecule is CC1CN(Cc2ccccc2)CC(C)C1N(C)CC1(C)CCNC1. The van der Waals surface area contributed by atoms with Crippen molar-refractivity contribution in [2.45, 2.75) is 39.8 Å². The molecule has 0 spiro atoms. The molecule has 134 valence electrons. The van der Waals surface area contributed by atoms with Crippen LogP contribution in [0.1, 0.15) is 32.8 Å². The largest absolute Gasteiger partial charge is 0.316 e. The highest BCUT2D eigenvalue weighted by atomic mass is 15.2. The zero-order chi connectivity index (χ0) is 17.2. The third-order valence-corrected chi connectivity index (χ3v) is 6.10. The van der Waals surface area contributed by atoms with E-state index >= 15 is 0 Å². The number of piperidine rings is 1. The molecule has 1 N–H and O–H groups in total. The van der Waals surface area contributed by atoms with Crippen LogP contribution < -0.4 is 5.32 Å². The molecule has 1 aromatic rings. The van der Waals surface area contributed by atoms with Gasteiger partial charge in [0, 0.05) is 38.8 Å². The van der Waals surface area contributed by atoms with Crippen molar-refractivity contribution in [2.75, 3.05) is 39.8 Å². The molecule has 2 heterocycles. The third kappa shape index (κ3) is 4.19. The molecule has 0 aromatic heterocycles. The smallest absolute Gasteiger partial charge is 0.0233 e. The molecule has 2 fully saturated rings. The Morgan fingerprint density at radius 2 is 1.83 bits per heavy atom. The van der Waals surface area contributed by atoms with E-state index in [0.717, 1.165) is 18.4 Å². The summed E-state index contributed by atoms with van der Waals surface area (Å²) in [5, 5.41) is 3.54. The first-order valence-electron chi connectivity index (χ1n) is 9.64. The summed E-state index contributed by atoms with van der Waals surface area (Å²) in [6, 6.07) is 11.6. The summed E-state index contributed by atoms with van der Waals surface area (Å²) in [7, 11) is 2.36. The minimum absolute atomic E-state index is 0.454. The summed E-state index contributed by atoms with van der Waals surface area (Å²) in [5.41, 5.74) is 1.89. The minimum Gasteiger partial charge on any atom is -0.316 e. The van der Waals surface area contributed by atoms with Crippen LogP contribution in [0.4, 0.5) is 0 Å². The molecule has 1 aromatic carbocycles. The fourth-order valence-electron chi connectivity index (χ4n) is 5.22. The number of rotatable bonds is 5. The van der Waals surface area contributed by atoms with E-state index < -0.39 is 0 Å². The molecule has 0 radical (unpaired) electrons. The fourth-order valence-corrected chi connectivity index (χ4v) is 5.22. The number of hydrogen-bond acceptors (Lipinski definition) is 3. The van der Waals surface area contributed by atoms with E-state index in [2.05, 4.69) is 73.3 Å². The average molecular weight is 330 g/mol. The van der Waals surface area contributed by atoms with Crippen molar-refractivity contribution in [3.05, 3.63) is 35.9 Å². The van der Waals surface area contributed by atoms with Gasteiger partial charge in [0.1, 0.15) is 0 Å². The second-order valence-corrected chi connectivity index (χ2v) is 8.78. The van der Waals surface area contributed by atoms with Gasteiger partial charge < -0.3 is 10.2 Å². The molecule has 0 amide bonds. The lowest BCUT2D eigenvalue weighted by Crippen LogP contribution is -2.55. The Bertz CT molecular complexity index is 497. The van der Waals surface area contributed by atoms with E-state index in [1.165, 1.54) is 44.7 Å². The molecule has 24 heavy (non-hydrogen) atoms. The molecule has 3 atom stereocenters. The topological polar surface area (TPSA) is 18.5 Å². The Morgan fingerprint density at radius 3 is 2.42 bits per heavy atom. The second kappa shape index (κ2) is 7.55. The van der Waals surface area contributed by atoms with Crippen molar-refractivity contribution in [2.24, 2.45) is 17.3 Å². The lowest BCUT2D eigenvalue weighted by atomic mass is 9.82. The Balaban J connectivity index is 1.58. The molecule has 3 unspecified atom stereocenters. The highest BCUT2D eigenvalue weighted by Gasteiger charge is 2.38. The van der Waals surface area contributed by atoms with Gasteiger partial charge in [-0.25, -0.2) is 0 Å². The Morgan fingerprint density at radius 1 is 1.17 bits per heavy atom. The van der Waals surface area contributed by atoms with Crippen molar-refractivity contribution in [3.8, 4) is 0 Å². The maximum absolute atomic E-state index is 3.54. The number of nitrogens with one attached hydrogen (secondary N) is 1. The van der Waals surface area contributed by atoms with E-state index in [9.17, 15) is 0 Å². The molecule has 2 aliphatic rings. The highest BCUT2D eigenvalue weighted by Crippen LogP contribution is 2.31. The van der Waals surface area contributed by atoms with Crippen LogP contribution in [-0.2, 0) is 6.54 Å². The first kappa shape index (κ1) is 17.9. The number of nitrogens with zero attached hydrogens (tertiary/aromatic N) is 2. The Hall–Kier alpha value is -0.900. The summed E-state index contributed by atoms with van der Waals surface area (Å²) >= 11 is 0. The summed E-state index contributed by atoms with van der Waals surface area (Å²) < 4.78 is 0. The third-order valence-electron chi connectivity index (χ3n) is 6.10. The summed E-state index contributed by atoms with van der Waals surface area (Å²) in [6.45, 7) is 14.4. The summed E-state index contributed by atoms with van der Waals surface area (Å²) in [5.74, 6) is 1.45. The second-order valence-electron chi connectivity index (χ2n) is 8.78. The van der Waals surface area contributed by atoms with Crippen molar-refractivity contribution in [3.63, 3.8) is 0 Å². The maximum atomic E-state index is 3.54. The first-order chi connectivity index (χ1) is 11.5. The summed E-state index contributed by atoms with van der Waals surface area (Å²) in [4.78, 5) is 5.32. The van der Waals surface area contributed by atoms with Crippen molar-refractivity contribution >= 4 is 0 Å². The summed E-state index contributed by atoms with van der Waals surface area (Å²) in [6.07, 6.45) is 1.31. The predicted octanol–water partition coefficient (Wildman–Crippen LogP) is 3.07. The van der Waals surface area contributed by atoms with Gasteiger partial charge in [0.2, 0.25) is 0 Å². The van der Waals surface area contributed by atoms with Gasteiger partial charge in [-0.2, -0.15) is 0 Å². The van der Waals surface area contributed by atoms with Gasteiger partial charge in [0.15, 0.2) is 0 Å². The van der Waals surface area contributed by atoms with Gasteiger partial charge in [0.05, 0.1) is 0 Å². The van der Waals surface area contributed by atoms with Crippen LogP contribution in [-0.4, -0.2) is 55.6 Å². The van der Waals surface area contributed by atoms with Gasteiger partial charge >= 0.3 is 0 Å². The Kier molecular flexibility index (Phi) is 5.63. The molecule has 3 rings (SSSR count). The number of benzene rings is 1. The standard InChI is InChI=1S/C21H35N3/c1-17-12-24(14-19-8-6-5-7-9-19)13-18(2)20(17)23(4)16-21(3)10-11-22-15-21/h5-9,17-18,20,22H,10-16H2,1-4H3. The zero-order valence-corrected chi connectivity index (χ0v) is 16.0. The van der Waals surface area contributed by atoms with E-state index in [1.54, 1.807) is 0 Å². The fraction of sp³-hybridized carbons (Fsp3) is 0.714. The van der Waals surface area contributed by atoms with Crippen LogP contribution >= 0.6 is 0 Å². The number of likely N-dealkylation sites (tertiary alicyclic amines) is 1. The van der Waals surface area contributed by atoms with Gasteiger partial charge in [0.25, 0.3) is 0 Å². The molecule has 0 saturated carbocycles. The maximum Gasteiger partial charge on any atom is 0.0233 e. The minimum atomic E-state index is 0.454. The van der Waals surface area contributed by atoms with Crippen LogP contribution in [0.2, 0.25) is 0 Å². The normalized spacial score (nSPS) is 34.8. The van der Waals surface area contributed by atoms with E-state index in [4.69, 9.17) is 0 Å². The molecule has 3 nitrogen and oxygen atoms in total. The van der Waals surface area contributed by atoms with E-state index in [1.807, 2.05) is 0 Å². The van der Waals surface area contributed by atoms with Gasteiger partial charge in [-0.3, -0.25) is 4.90 Å². The van der Waals surface area contributed by atoms with Crippen molar-refractivity contribution in [1.29, 1.82) is 0 Å². The van der Waals surface area contributed by atoms with Crippen LogP contribution in [0, 0.1) is 17.3 Å². The Labute approximate surface area is 148 Å².